The molecule has 1 unspecified atom stereocenters. The molecular formula is C32H36N2O5. The zero-order chi connectivity index (χ0) is 27.7. The molecule has 3 heterocycles. The van der Waals surface area contributed by atoms with Gasteiger partial charge in [-0.2, -0.15) is 0 Å². The molecule has 2 saturated heterocycles. The van der Waals surface area contributed by atoms with Crippen LogP contribution in [-0.2, 0) is 9.59 Å². The Labute approximate surface area is 229 Å². The SMILES string of the molecule is Cc1ccc(C2/C(=C(/O)c3ccc(OCC(C)C)c(C)c3)C(=O)C(=O)N2c2ccc(N3CCCCC3)cc2)o1. The number of Topliss-reactive ketones (excluding diaryl/α,β-unsaturated/α-hetero) is 1. The van der Waals surface area contributed by atoms with Crippen LogP contribution in [0.1, 0.15) is 61.8 Å². The molecule has 1 aromatic heterocycles. The van der Waals surface area contributed by atoms with Crippen molar-refractivity contribution < 1.29 is 23.8 Å². The number of hydrogen-bond donors (Lipinski definition) is 1. The van der Waals surface area contributed by atoms with Gasteiger partial charge >= 0.3 is 0 Å². The number of hydrogen-bond acceptors (Lipinski definition) is 6. The Morgan fingerprint density at radius 1 is 0.974 bits per heavy atom. The molecule has 1 N–H and O–H groups in total. The van der Waals surface area contributed by atoms with Crippen LogP contribution < -0.4 is 14.5 Å². The number of aliphatic hydroxyl groups is 1. The van der Waals surface area contributed by atoms with E-state index in [1.807, 2.05) is 38.1 Å². The summed E-state index contributed by atoms with van der Waals surface area (Å²) in [6.45, 7) is 10.4. The lowest BCUT2D eigenvalue weighted by molar-refractivity contribution is -0.132. The molecule has 3 aromatic rings. The van der Waals surface area contributed by atoms with Gasteiger partial charge in [-0.05, 0) is 99.2 Å². The van der Waals surface area contributed by atoms with Crippen LogP contribution in [0.2, 0.25) is 0 Å². The van der Waals surface area contributed by atoms with Gasteiger partial charge in [-0.25, -0.2) is 0 Å². The number of benzene rings is 2. The van der Waals surface area contributed by atoms with Gasteiger partial charge in [0.2, 0.25) is 0 Å². The number of carbonyl (C=O) groups is 2. The van der Waals surface area contributed by atoms with Crippen LogP contribution in [0.3, 0.4) is 0 Å². The Balaban J connectivity index is 1.54. The van der Waals surface area contributed by atoms with E-state index in [2.05, 4.69) is 18.7 Å². The molecule has 0 radical (unpaired) electrons. The summed E-state index contributed by atoms with van der Waals surface area (Å²) in [6, 6.07) is 15.6. The molecule has 0 saturated carbocycles. The van der Waals surface area contributed by atoms with Crippen LogP contribution in [0.5, 0.6) is 5.75 Å². The van der Waals surface area contributed by atoms with Crippen molar-refractivity contribution in [2.24, 2.45) is 5.92 Å². The first kappa shape index (κ1) is 26.6. The summed E-state index contributed by atoms with van der Waals surface area (Å²) in [6.07, 6.45) is 3.58. The van der Waals surface area contributed by atoms with Crippen molar-refractivity contribution in [3.63, 3.8) is 0 Å². The number of aliphatic hydroxyl groups excluding tert-OH is 1. The van der Waals surface area contributed by atoms with Crippen LogP contribution in [-0.4, -0.2) is 36.5 Å². The molecule has 0 bridgehead atoms. The molecule has 7 heteroatoms. The van der Waals surface area contributed by atoms with E-state index < -0.39 is 17.7 Å². The first-order valence-electron chi connectivity index (χ1n) is 13.7. The second-order valence-electron chi connectivity index (χ2n) is 10.9. The summed E-state index contributed by atoms with van der Waals surface area (Å²) in [5.74, 6) is 0.477. The molecule has 0 spiro atoms. The van der Waals surface area contributed by atoms with E-state index in [1.54, 1.807) is 30.3 Å². The van der Waals surface area contributed by atoms with Crippen molar-refractivity contribution in [1.29, 1.82) is 0 Å². The van der Waals surface area contributed by atoms with Gasteiger partial charge in [0, 0.05) is 30.0 Å². The number of carbonyl (C=O) groups excluding carboxylic acids is 2. The Hall–Kier alpha value is -4.00. The highest BCUT2D eigenvalue weighted by molar-refractivity contribution is 6.51. The second kappa shape index (κ2) is 11.0. The molecule has 1 amide bonds. The van der Waals surface area contributed by atoms with Gasteiger partial charge in [0.25, 0.3) is 11.7 Å². The zero-order valence-electron chi connectivity index (χ0n) is 23.1. The molecule has 1 atom stereocenters. The van der Waals surface area contributed by atoms with Gasteiger partial charge in [0.15, 0.2) is 0 Å². The van der Waals surface area contributed by atoms with E-state index in [4.69, 9.17) is 9.15 Å². The van der Waals surface area contributed by atoms with Crippen LogP contribution in [0.15, 0.2) is 64.6 Å². The van der Waals surface area contributed by atoms with E-state index in [0.29, 0.717) is 41.0 Å². The number of ketones is 1. The van der Waals surface area contributed by atoms with Crippen LogP contribution in [0, 0.1) is 19.8 Å². The normalized spacial score (nSPS) is 19.3. The predicted octanol–water partition coefficient (Wildman–Crippen LogP) is 6.55. The zero-order valence-corrected chi connectivity index (χ0v) is 23.1. The highest BCUT2D eigenvalue weighted by atomic mass is 16.5. The second-order valence-corrected chi connectivity index (χ2v) is 10.9. The summed E-state index contributed by atoms with van der Waals surface area (Å²) >= 11 is 0. The fourth-order valence-corrected chi connectivity index (χ4v) is 5.32. The summed E-state index contributed by atoms with van der Waals surface area (Å²) in [5, 5.41) is 11.5. The van der Waals surface area contributed by atoms with Gasteiger partial charge in [-0.1, -0.05) is 13.8 Å². The Bertz CT molecular complexity index is 1400. The van der Waals surface area contributed by atoms with Crippen LogP contribution in [0.25, 0.3) is 5.76 Å². The summed E-state index contributed by atoms with van der Waals surface area (Å²) in [7, 11) is 0. The minimum atomic E-state index is -0.892. The fourth-order valence-electron chi connectivity index (χ4n) is 5.32. The van der Waals surface area contributed by atoms with Crippen molar-refractivity contribution in [1.82, 2.24) is 0 Å². The van der Waals surface area contributed by atoms with E-state index in [0.717, 1.165) is 24.3 Å². The van der Waals surface area contributed by atoms with E-state index >= 15 is 0 Å². The summed E-state index contributed by atoms with van der Waals surface area (Å²) in [4.78, 5) is 30.7. The lowest BCUT2D eigenvalue weighted by Gasteiger charge is -2.29. The standard InChI is InChI=1S/C32H36N2O5/c1-20(2)19-38-26-15-9-23(18-21(26)3)30(35)28-29(27-14-8-22(4)39-27)34(32(37)31(28)36)25-12-10-24(11-13-25)33-16-6-5-7-17-33/h8-15,18,20,29,35H,5-7,16-17,19H2,1-4H3/b30-28-. The largest absolute Gasteiger partial charge is 0.507 e. The maximum absolute atomic E-state index is 13.5. The molecule has 2 aliphatic rings. The molecule has 2 aromatic carbocycles. The lowest BCUT2D eigenvalue weighted by Crippen LogP contribution is -2.30. The van der Waals surface area contributed by atoms with Gasteiger partial charge in [-0.3, -0.25) is 14.5 Å². The van der Waals surface area contributed by atoms with Gasteiger partial charge < -0.3 is 19.2 Å². The third-order valence-corrected chi connectivity index (χ3v) is 7.34. The lowest BCUT2D eigenvalue weighted by atomic mass is 9.98. The average Bonchev–Trinajstić information content (AvgIpc) is 3.48. The minimum Gasteiger partial charge on any atom is -0.507 e. The number of ether oxygens (including phenoxy) is 1. The number of anilines is 2. The maximum Gasteiger partial charge on any atom is 0.300 e. The highest BCUT2D eigenvalue weighted by Crippen LogP contribution is 2.43. The first-order chi connectivity index (χ1) is 18.7. The smallest absolute Gasteiger partial charge is 0.300 e. The van der Waals surface area contributed by atoms with Gasteiger partial charge in [-0.15, -0.1) is 0 Å². The van der Waals surface area contributed by atoms with Crippen LogP contribution in [0.4, 0.5) is 11.4 Å². The molecular weight excluding hydrogens is 492 g/mol. The van der Waals surface area contributed by atoms with Crippen LogP contribution >= 0.6 is 0 Å². The van der Waals surface area contributed by atoms with E-state index in [1.165, 1.54) is 24.2 Å². The van der Waals surface area contributed by atoms with Crippen molar-refractivity contribution in [3.05, 3.63) is 82.8 Å². The Morgan fingerprint density at radius 3 is 2.28 bits per heavy atom. The van der Waals surface area contributed by atoms with Crippen molar-refractivity contribution in [3.8, 4) is 5.75 Å². The topological polar surface area (TPSA) is 83.2 Å². The summed E-state index contributed by atoms with van der Waals surface area (Å²) in [5.41, 5.74) is 2.94. The van der Waals surface area contributed by atoms with Crippen molar-refractivity contribution >= 4 is 28.8 Å². The molecule has 0 aliphatic carbocycles. The quantitative estimate of drug-likeness (QED) is 0.213. The molecule has 5 rings (SSSR count). The number of furan rings is 1. The molecule has 204 valence electrons. The van der Waals surface area contributed by atoms with E-state index in [9.17, 15) is 14.7 Å². The minimum absolute atomic E-state index is 0.00436. The predicted molar refractivity (Wildman–Crippen MR) is 152 cm³/mol. The third-order valence-electron chi connectivity index (χ3n) is 7.34. The monoisotopic (exact) mass is 528 g/mol. The molecule has 2 aliphatic heterocycles. The number of aryl methyl sites for hydroxylation is 2. The van der Waals surface area contributed by atoms with E-state index in [-0.39, 0.29) is 11.3 Å². The fraction of sp³-hybridized carbons (Fsp3) is 0.375. The molecule has 7 nitrogen and oxygen atoms in total. The van der Waals surface area contributed by atoms with Gasteiger partial charge in [0.1, 0.15) is 29.1 Å². The molecule has 39 heavy (non-hydrogen) atoms. The van der Waals surface area contributed by atoms with Crippen molar-refractivity contribution in [2.75, 3.05) is 29.5 Å². The van der Waals surface area contributed by atoms with Gasteiger partial charge in [0.05, 0.1) is 12.2 Å². The maximum atomic E-state index is 13.5. The Morgan fingerprint density at radius 2 is 1.67 bits per heavy atom. The number of piperidine rings is 1. The highest BCUT2D eigenvalue weighted by Gasteiger charge is 2.48. The molecule has 2 fully saturated rings. The number of rotatable bonds is 7. The Kier molecular flexibility index (Phi) is 7.51. The average molecular weight is 529 g/mol. The third kappa shape index (κ3) is 5.31. The van der Waals surface area contributed by atoms with Crippen molar-refractivity contribution in [2.45, 2.75) is 53.0 Å². The number of nitrogens with zero attached hydrogens (tertiary/aromatic N) is 2. The first-order valence-corrected chi connectivity index (χ1v) is 13.7. The number of amides is 1. The summed E-state index contributed by atoms with van der Waals surface area (Å²) < 4.78 is 11.8.